The van der Waals surface area contributed by atoms with Crippen LogP contribution in [0.1, 0.15) is 24.7 Å². The van der Waals surface area contributed by atoms with Crippen molar-refractivity contribution in [1.29, 1.82) is 0 Å². The van der Waals surface area contributed by atoms with Crippen molar-refractivity contribution in [2.75, 3.05) is 5.32 Å². The molecule has 5 heteroatoms. The number of carbonyl (C=O) groups is 1. The number of furan rings is 1. The maximum absolute atomic E-state index is 11.7. The number of H-pyrrole nitrogens is 1. The van der Waals surface area contributed by atoms with E-state index in [1.54, 1.807) is 12.5 Å². The van der Waals surface area contributed by atoms with Gasteiger partial charge in [-0.15, -0.1) is 0 Å². The van der Waals surface area contributed by atoms with Crippen LogP contribution in [0.4, 0.5) is 5.82 Å². The van der Waals surface area contributed by atoms with Crippen molar-refractivity contribution >= 4 is 11.7 Å². The summed E-state index contributed by atoms with van der Waals surface area (Å²) in [4.78, 5) is 11.7. The first-order chi connectivity index (χ1) is 8.29. The number of aromatic nitrogens is 2. The van der Waals surface area contributed by atoms with Gasteiger partial charge in [0, 0.05) is 18.4 Å². The second-order valence-corrected chi connectivity index (χ2v) is 3.75. The monoisotopic (exact) mass is 233 g/mol. The summed E-state index contributed by atoms with van der Waals surface area (Å²) in [5.74, 6) is 1.47. The average Bonchev–Trinajstić information content (AvgIpc) is 2.97. The largest absolute Gasteiger partial charge is 0.469 e. The number of carbonyl (C=O) groups excluding carboxylic acids is 1. The molecular formula is C12H15N3O2. The minimum absolute atomic E-state index is 0.0413. The molecule has 0 unspecified atom stereocenters. The number of aryl methyl sites for hydroxylation is 2. The van der Waals surface area contributed by atoms with Crippen LogP contribution < -0.4 is 5.32 Å². The van der Waals surface area contributed by atoms with Crippen LogP contribution in [0.5, 0.6) is 0 Å². The zero-order valence-electron chi connectivity index (χ0n) is 9.69. The second kappa shape index (κ2) is 5.34. The zero-order valence-corrected chi connectivity index (χ0v) is 9.69. The van der Waals surface area contributed by atoms with Gasteiger partial charge in [-0.1, -0.05) is 6.92 Å². The Hall–Kier alpha value is -2.04. The average molecular weight is 233 g/mol. The molecule has 90 valence electrons. The standard InChI is InChI=1S/C12H15N3O2/c1-2-9-8-13-15-12(9)14-11(16)6-5-10-4-3-7-17-10/h3-4,7-8H,2,5-6H2,1H3,(H2,13,14,15,16). The molecule has 0 aromatic carbocycles. The number of hydrogen-bond donors (Lipinski definition) is 2. The van der Waals surface area contributed by atoms with Crippen molar-refractivity contribution in [1.82, 2.24) is 10.2 Å². The minimum Gasteiger partial charge on any atom is -0.469 e. The third kappa shape index (κ3) is 2.96. The highest BCUT2D eigenvalue weighted by molar-refractivity contribution is 5.90. The Balaban J connectivity index is 1.85. The van der Waals surface area contributed by atoms with Crippen molar-refractivity contribution in [3.8, 4) is 0 Å². The van der Waals surface area contributed by atoms with E-state index in [1.807, 2.05) is 19.1 Å². The lowest BCUT2D eigenvalue weighted by atomic mass is 10.2. The summed E-state index contributed by atoms with van der Waals surface area (Å²) in [6, 6.07) is 3.68. The first-order valence-corrected chi connectivity index (χ1v) is 5.64. The molecule has 0 spiro atoms. The third-order valence-corrected chi connectivity index (χ3v) is 2.54. The van der Waals surface area contributed by atoms with Crippen LogP contribution in [0, 0.1) is 0 Å². The Labute approximate surface area is 99.2 Å². The van der Waals surface area contributed by atoms with Gasteiger partial charge in [0.2, 0.25) is 5.91 Å². The predicted octanol–water partition coefficient (Wildman–Crippen LogP) is 2.14. The van der Waals surface area contributed by atoms with Gasteiger partial charge in [-0.05, 0) is 18.6 Å². The van der Waals surface area contributed by atoms with Crippen LogP contribution in [0.15, 0.2) is 29.0 Å². The topological polar surface area (TPSA) is 70.9 Å². The molecule has 2 N–H and O–H groups in total. The Morgan fingerprint density at radius 3 is 3.18 bits per heavy atom. The summed E-state index contributed by atoms with van der Waals surface area (Å²) in [5, 5.41) is 9.48. The van der Waals surface area contributed by atoms with E-state index in [-0.39, 0.29) is 5.91 Å². The molecule has 2 aromatic rings. The van der Waals surface area contributed by atoms with E-state index in [0.29, 0.717) is 18.7 Å². The van der Waals surface area contributed by atoms with E-state index in [0.717, 1.165) is 17.7 Å². The fourth-order valence-electron chi connectivity index (χ4n) is 1.58. The normalized spacial score (nSPS) is 10.4. The Morgan fingerprint density at radius 2 is 2.47 bits per heavy atom. The molecule has 2 aromatic heterocycles. The number of anilines is 1. The molecule has 0 aliphatic carbocycles. The quantitative estimate of drug-likeness (QED) is 0.831. The molecule has 2 heterocycles. The number of rotatable bonds is 5. The van der Waals surface area contributed by atoms with Crippen molar-refractivity contribution in [2.24, 2.45) is 0 Å². The lowest BCUT2D eigenvalue weighted by Crippen LogP contribution is -2.13. The molecule has 17 heavy (non-hydrogen) atoms. The summed E-state index contributed by atoms with van der Waals surface area (Å²) >= 11 is 0. The van der Waals surface area contributed by atoms with Crippen LogP contribution in [0.2, 0.25) is 0 Å². The van der Waals surface area contributed by atoms with E-state index in [2.05, 4.69) is 15.5 Å². The Morgan fingerprint density at radius 1 is 1.59 bits per heavy atom. The van der Waals surface area contributed by atoms with Crippen LogP contribution in [0.25, 0.3) is 0 Å². The lowest BCUT2D eigenvalue weighted by molar-refractivity contribution is -0.116. The highest BCUT2D eigenvalue weighted by Crippen LogP contribution is 2.12. The molecule has 0 aliphatic heterocycles. The van der Waals surface area contributed by atoms with E-state index in [9.17, 15) is 4.79 Å². The van der Waals surface area contributed by atoms with Gasteiger partial charge in [0.15, 0.2) is 0 Å². The van der Waals surface area contributed by atoms with E-state index in [4.69, 9.17) is 4.42 Å². The molecule has 0 fully saturated rings. The van der Waals surface area contributed by atoms with Crippen LogP contribution >= 0.6 is 0 Å². The van der Waals surface area contributed by atoms with E-state index < -0.39 is 0 Å². The van der Waals surface area contributed by atoms with Crippen LogP contribution in [-0.4, -0.2) is 16.1 Å². The number of amides is 1. The van der Waals surface area contributed by atoms with Crippen molar-refractivity contribution in [2.45, 2.75) is 26.2 Å². The molecule has 0 saturated carbocycles. The van der Waals surface area contributed by atoms with Gasteiger partial charge in [0.1, 0.15) is 11.6 Å². The summed E-state index contributed by atoms with van der Waals surface area (Å²) in [5.41, 5.74) is 1.01. The molecule has 2 rings (SSSR count). The van der Waals surface area contributed by atoms with Crippen molar-refractivity contribution in [3.63, 3.8) is 0 Å². The molecular weight excluding hydrogens is 218 g/mol. The summed E-state index contributed by atoms with van der Waals surface area (Å²) in [6.07, 6.45) is 5.17. The molecule has 0 atom stereocenters. The van der Waals surface area contributed by atoms with Gasteiger partial charge in [0.05, 0.1) is 12.5 Å². The van der Waals surface area contributed by atoms with Gasteiger partial charge in [-0.3, -0.25) is 9.89 Å². The van der Waals surface area contributed by atoms with Gasteiger partial charge in [0.25, 0.3) is 0 Å². The molecule has 0 saturated heterocycles. The summed E-state index contributed by atoms with van der Waals surface area (Å²) in [7, 11) is 0. The van der Waals surface area contributed by atoms with Gasteiger partial charge in [-0.25, -0.2) is 0 Å². The van der Waals surface area contributed by atoms with Crippen molar-refractivity contribution in [3.05, 3.63) is 35.9 Å². The number of nitrogens with zero attached hydrogens (tertiary/aromatic N) is 1. The maximum Gasteiger partial charge on any atom is 0.225 e. The maximum atomic E-state index is 11.7. The molecule has 1 amide bonds. The van der Waals surface area contributed by atoms with Crippen LogP contribution in [-0.2, 0) is 17.6 Å². The second-order valence-electron chi connectivity index (χ2n) is 3.75. The summed E-state index contributed by atoms with van der Waals surface area (Å²) in [6.45, 7) is 2.02. The fourth-order valence-corrected chi connectivity index (χ4v) is 1.58. The Bertz CT molecular complexity index is 474. The number of aromatic amines is 1. The predicted molar refractivity (Wildman–Crippen MR) is 63.6 cm³/mol. The smallest absolute Gasteiger partial charge is 0.225 e. The first-order valence-electron chi connectivity index (χ1n) is 5.64. The molecule has 0 bridgehead atoms. The van der Waals surface area contributed by atoms with Crippen molar-refractivity contribution < 1.29 is 9.21 Å². The third-order valence-electron chi connectivity index (χ3n) is 2.54. The minimum atomic E-state index is -0.0413. The van der Waals surface area contributed by atoms with Crippen LogP contribution in [0.3, 0.4) is 0 Å². The van der Waals surface area contributed by atoms with E-state index >= 15 is 0 Å². The number of hydrogen-bond acceptors (Lipinski definition) is 3. The molecule has 0 radical (unpaired) electrons. The first kappa shape index (κ1) is 11.4. The molecule has 5 nitrogen and oxygen atoms in total. The summed E-state index contributed by atoms with van der Waals surface area (Å²) < 4.78 is 5.16. The van der Waals surface area contributed by atoms with Gasteiger partial charge in [-0.2, -0.15) is 5.10 Å². The lowest BCUT2D eigenvalue weighted by Gasteiger charge is -2.03. The molecule has 0 aliphatic rings. The van der Waals surface area contributed by atoms with E-state index in [1.165, 1.54) is 0 Å². The Kier molecular flexibility index (Phi) is 3.59. The SMILES string of the molecule is CCc1cn[nH]c1NC(=O)CCc1ccco1. The fraction of sp³-hybridized carbons (Fsp3) is 0.333. The van der Waals surface area contributed by atoms with Gasteiger partial charge < -0.3 is 9.73 Å². The highest BCUT2D eigenvalue weighted by Gasteiger charge is 2.08. The highest BCUT2D eigenvalue weighted by atomic mass is 16.3. The van der Waals surface area contributed by atoms with Gasteiger partial charge >= 0.3 is 0 Å². The zero-order chi connectivity index (χ0) is 12.1. The number of nitrogens with one attached hydrogen (secondary N) is 2.